The second kappa shape index (κ2) is 6.54. The van der Waals surface area contributed by atoms with Crippen LogP contribution in [-0.4, -0.2) is 26.8 Å². The van der Waals surface area contributed by atoms with Crippen molar-refractivity contribution < 1.29 is 9.90 Å². The predicted octanol–water partition coefficient (Wildman–Crippen LogP) is 2.37. The van der Waals surface area contributed by atoms with Crippen LogP contribution in [0.1, 0.15) is 36.2 Å². The van der Waals surface area contributed by atoms with Crippen molar-refractivity contribution in [3.05, 3.63) is 50.9 Å². The molecule has 6 nitrogen and oxygen atoms in total. The SMILES string of the molecule is O=C(NC1CCCC1)c1nn(-c2ccc(Br)cc2)c(=O)cc1O. The highest BCUT2D eigenvalue weighted by molar-refractivity contribution is 9.10. The van der Waals surface area contributed by atoms with Crippen molar-refractivity contribution in [1.82, 2.24) is 15.1 Å². The number of aromatic hydroxyl groups is 1. The topological polar surface area (TPSA) is 84.2 Å². The quantitative estimate of drug-likeness (QED) is 0.859. The van der Waals surface area contributed by atoms with E-state index in [0.29, 0.717) is 5.69 Å². The first-order valence-corrected chi connectivity index (χ1v) is 8.24. The number of nitrogens with one attached hydrogen (secondary N) is 1. The van der Waals surface area contributed by atoms with Crippen LogP contribution in [0.3, 0.4) is 0 Å². The van der Waals surface area contributed by atoms with Crippen molar-refractivity contribution in [3.63, 3.8) is 0 Å². The zero-order chi connectivity index (χ0) is 16.4. The van der Waals surface area contributed by atoms with Gasteiger partial charge in [-0.25, -0.2) is 0 Å². The van der Waals surface area contributed by atoms with Gasteiger partial charge in [0.05, 0.1) is 5.69 Å². The molecule has 1 fully saturated rings. The van der Waals surface area contributed by atoms with Crippen molar-refractivity contribution in [2.45, 2.75) is 31.7 Å². The maximum Gasteiger partial charge on any atom is 0.275 e. The Hall–Kier alpha value is -2.15. The summed E-state index contributed by atoms with van der Waals surface area (Å²) >= 11 is 3.32. The largest absolute Gasteiger partial charge is 0.505 e. The van der Waals surface area contributed by atoms with Crippen molar-refractivity contribution >= 4 is 21.8 Å². The highest BCUT2D eigenvalue weighted by Gasteiger charge is 2.22. The molecule has 0 saturated heterocycles. The Morgan fingerprint density at radius 3 is 2.57 bits per heavy atom. The van der Waals surface area contributed by atoms with Crippen molar-refractivity contribution in [3.8, 4) is 11.4 Å². The Morgan fingerprint density at radius 2 is 1.91 bits per heavy atom. The van der Waals surface area contributed by atoms with Crippen LogP contribution in [0.5, 0.6) is 5.75 Å². The van der Waals surface area contributed by atoms with Gasteiger partial charge in [0.1, 0.15) is 0 Å². The van der Waals surface area contributed by atoms with Gasteiger partial charge >= 0.3 is 0 Å². The number of hydrogen-bond acceptors (Lipinski definition) is 4. The van der Waals surface area contributed by atoms with E-state index in [1.54, 1.807) is 24.3 Å². The smallest absolute Gasteiger partial charge is 0.275 e. The molecule has 23 heavy (non-hydrogen) atoms. The summed E-state index contributed by atoms with van der Waals surface area (Å²) in [6, 6.07) is 8.07. The molecule has 0 aliphatic heterocycles. The lowest BCUT2D eigenvalue weighted by molar-refractivity contribution is 0.0928. The molecule has 120 valence electrons. The van der Waals surface area contributed by atoms with E-state index in [-0.39, 0.29) is 11.7 Å². The van der Waals surface area contributed by atoms with Gasteiger partial charge in [-0.05, 0) is 37.1 Å². The average Bonchev–Trinajstić information content (AvgIpc) is 3.01. The summed E-state index contributed by atoms with van der Waals surface area (Å²) in [5.74, 6) is -0.862. The second-order valence-corrected chi connectivity index (χ2v) is 6.48. The number of nitrogens with zero attached hydrogens (tertiary/aromatic N) is 2. The van der Waals surface area contributed by atoms with Crippen LogP contribution in [0.15, 0.2) is 39.6 Å². The third-order valence-electron chi connectivity index (χ3n) is 3.89. The molecule has 1 amide bonds. The van der Waals surface area contributed by atoms with Gasteiger partial charge in [0.15, 0.2) is 11.4 Å². The summed E-state index contributed by atoms with van der Waals surface area (Å²) in [4.78, 5) is 24.4. The summed E-state index contributed by atoms with van der Waals surface area (Å²) in [5, 5.41) is 16.8. The molecule has 2 aromatic rings. The van der Waals surface area contributed by atoms with E-state index < -0.39 is 17.2 Å². The Morgan fingerprint density at radius 1 is 1.26 bits per heavy atom. The van der Waals surface area contributed by atoms with Gasteiger partial charge in [-0.3, -0.25) is 9.59 Å². The lowest BCUT2D eigenvalue weighted by atomic mass is 10.2. The van der Waals surface area contributed by atoms with E-state index in [1.807, 2.05) is 0 Å². The Bertz CT molecular complexity index is 780. The summed E-state index contributed by atoms with van der Waals surface area (Å²) in [6.07, 6.45) is 4.03. The van der Waals surface area contributed by atoms with E-state index in [1.165, 1.54) is 0 Å². The fraction of sp³-hybridized carbons (Fsp3) is 0.312. The average molecular weight is 378 g/mol. The molecular weight excluding hydrogens is 362 g/mol. The first kappa shape index (κ1) is 15.7. The third-order valence-corrected chi connectivity index (χ3v) is 4.42. The molecule has 7 heteroatoms. The molecule has 0 radical (unpaired) electrons. The Balaban J connectivity index is 1.94. The molecule has 0 atom stereocenters. The third kappa shape index (κ3) is 3.44. The predicted molar refractivity (Wildman–Crippen MR) is 88.9 cm³/mol. The zero-order valence-electron chi connectivity index (χ0n) is 12.3. The van der Waals surface area contributed by atoms with E-state index in [9.17, 15) is 14.7 Å². The zero-order valence-corrected chi connectivity index (χ0v) is 13.9. The summed E-state index contributed by atoms with van der Waals surface area (Å²) < 4.78 is 1.97. The van der Waals surface area contributed by atoms with Gasteiger partial charge in [-0.1, -0.05) is 28.8 Å². The van der Waals surface area contributed by atoms with E-state index >= 15 is 0 Å². The maximum atomic E-state index is 12.3. The molecule has 0 bridgehead atoms. The van der Waals surface area contributed by atoms with Crippen molar-refractivity contribution in [2.75, 3.05) is 0 Å². The number of aromatic nitrogens is 2. The number of carbonyl (C=O) groups excluding carboxylic acids is 1. The minimum Gasteiger partial charge on any atom is -0.505 e. The molecule has 1 aromatic heterocycles. The molecule has 1 aromatic carbocycles. The normalized spacial score (nSPS) is 14.8. The first-order chi connectivity index (χ1) is 11.0. The minimum atomic E-state index is -0.498. The molecule has 1 saturated carbocycles. The van der Waals surface area contributed by atoms with Crippen molar-refractivity contribution in [2.24, 2.45) is 0 Å². The number of benzene rings is 1. The van der Waals surface area contributed by atoms with Crippen LogP contribution in [-0.2, 0) is 0 Å². The van der Waals surface area contributed by atoms with Crippen LogP contribution < -0.4 is 10.9 Å². The molecule has 0 unspecified atom stereocenters. The second-order valence-electron chi connectivity index (χ2n) is 5.56. The summed E-state index contributed by atoms with van der Waals surface area (Å²) in [6.45, 7) is 0. The lowest BCUT2D eigenvalue weighted by Crippen LogP contribution is -2.35. The van der Waals surface area contributed by atoms with Gasteiger partial charge in [-0.2, -0.15) is 9.78 Å². The van der Waals surface area contributed by atoms with Crippen LogP contribution in [0.4, 0.5) is 0 Å². The van der Waals surface area contributed by atoms with E-state index in [2.05, 4.69) is 26.3 Å². The number of rotatable bonds is 3. The fourth-order valence-corrected chi connectivity index (χ4v) is 2.96. The molecular formula is C16H16BrN3O3. The standard InChI is InChI=1S/C16H16BrN3O3/c17-10-5-7-12(8-6-10)20-14(22)9-13(21)15(19-20)16(23)18-11-3-1-2-4-11/h5-9,11,21H,1-4H2,(H,18,23). The number of halogens is 1. The minimum absolute atomic E-state index is 0.108. The van der Waals surface area contributed by atoms with Crippen molar-refractivity contribution in [1.29, 1.82) is 0 Å². The van der Waals surface area contributed by atoms with Gasteiger partial charge < -0.3 is 10.4 Å². The Kier molecular flexibility index (Phi) is 4.47. The maximum absolute atomic E-state index is 12.3. The van der Waals surface area contributed by atoms with E-state index in [0.717, 1.165) is 40.9 Å². The first-order valence-electron chi connectivity index (χ1n) is 7.45. The highest BCUT2D eigenvalue weighted by Crippen LogP contribution is 2.19. The van der Waals surface area contributed by atoms with Crippen LogP contribution in [0.2, 0.25) is 0 Å². The summed E-state index contributed by atoms with van der Waals surface area (Å²) in [5.41, 5.74) is -0.116. The lowest BCUT2D eigenvalue weighted by Gasteiger charge is -2.13. The van der Waals surface area contributed by atoms with Gasteiger partial charge in [0.2, 0.25) is 0 Å². The Labute approximate surface area is 141 Å². The highest BCUT2D eigenvalue weighted by atomic mass is 79.9. The van der Waals surface area contributed by atoms with Crippen LogP contribution in [0.25, 0.3) is 5.69 Å². The molecule has 0 spiro atoms. The van der Waals surface area contributed by atoms with Gasteiger partial charge in [0.25, 0.3) is 11.5 Å². The summed E-state index contributed by atoms with van der Waals surface area (Å²) in [7, 11) is 0. The van der Waals surface area contributed by atoms with E-state index in [4.69, 9.17) is 0 Å². The number of hydrogen-bond donors (Lipinski definition) is 2. The molecule has 1 heterocycles. The molecule has 1 aliphatic rings. The van der Waals surface area contributed by atoms with Gasteiger partial charge in [-0.15, -0.1) is 0 Å². The number of amides is 1. The molecule has 1 aliphatic carbocycles. The van der Waals surface area contributed by atoms with Crippen LogP contribution >= 0.6 is 15.9 Å². The molecule has 2 N–H and O–H groups in total. The number of carbonyl (C=O) groups is 1. The fourth-order valence-electron chi connectivity index (χ4n) is 2.70. The van der Waals surface area contributed by atoms with Crippen LogP contribution in [0, 0.1) is 0 Å². The molecule has 3 rings (SSSR count). The van der Waals surface area contributed by atoms with Gasteiger partial charge in [0, 0.05) is 16.6 Å². The monoisotopic (exact) mass is 377 g/mol.